The van der Waals surface area contributed by atoms with Crippen LogP contribution in [0.1, 0.15) is 0 Å². The zero-order valence-corrected chi connectivity index (χ0v) is 34.6. The molecule has 9 aromatic carbocycles. The molecule has 0 N–H and O–H groups in total. The van der Waals surface area contributed by atoms with Gasteiger partial charge >= 0.3 is 0 Å². The predicted octanol–water partition coefficient (Wildman–Crippen LogP) is 15.6. The Morgan fingerprint density at radius 3 is 1.56 bits per heavy atom. The Labute approximate surface area is 365 Å². The van der Waals surface area contributed by atoms with Crippen molar-refractivity contribution in [2.24, 2.45) is 0 Å². The first-order chi connectivity index (χ1) is 31.2. The standard InChI is InChI=1S/C57H34N4OS/c1-3-11-35(12-4-1)37-19-23-39(24-20-37)55-58-56(40-25-21-38(22-26-40)36-13-5-2-6-14-36)60-57(59-55)41-27-29-44-48-34-42(28-32-50(48)62-51(44)33-41)61-49-17-9-7-15-43(49)46-30-31-47-45-16-8-10-18-52(45)63-54(47)53(46)61/h1-34H. The maximum absolute atomic E-state index is 6.63. The van der Waals surface area contributed by atoms with E-state index in [4.69, 9.17) is 19.4 Å². The highest BCUT2D eigenvalue weighted by atomic mass is 32.1. The smallest absolute Gasteiger partial charge is 0.164 e. The first-order valence-electron chi connectivity index (χ1n) is 21.1. The van der Waals surface area contributed by atoms with Crippen LogP contribution in [-0.2, 0) is 0 Å². The molecule has 13 rings (SSSR count). The minimum absolute atomic E-state index is 0.579. The molecule has 0 fully saturated rings. The molecule has 0 aliphatic heterocycles. The van der Waals surface area contributed by atoms with E-state index in [-0.39, 0.29) is 0 Å². The van der Waals surface area contributed by atoms with E-state index in [0.29, 0.717) is 17.5 Å². The lowest BCUT2D eigenvalue weighted by atomic mass is 10.0. The highest BCUT2D eigenvalue weighted by Crippen LogP contribution is 2.44. The van der Waals surface area contributed by atoms with E-state index in [1.165, 1.54) is 42.0 Å². The second kappa shape index (κ2) is 14.2. The number of benzene rings is 9. The van der Waals surface area contributed by atoms with E-state index < -0.39 is 0 Å². The molecule has 0 saturated heterocycles. The van der Waals surface area contributed by atoms with Crippen molar-refractivity contribution < 1.29 is 4.42 Å². The summed E-state index contributed by atoms with van der Waals surface area (Å²) in [6.07, 6.45) is 0. The molecule has 63 heavy (non-hydrogen) atoms. The molecule has 0 unspecified atom stereocenters. The largest absolute Gasteiger partial charge is 0.456 e. The van der Waals surface area contributed by atoms with Crippen LogP contribution in [0.4, 0.5) is 0 Å². The summed E-state index contributed by atoms with van der Waals surface area (Å²) in [6, 6.07) is 72.6. The van der Waals surface area contributed by atoms with Gasteiger partial charge in [0.2, 0.25) is 0 Å². The fourth-order valence-corrected chi connectivity index (χ4v) is 10.4. The molecular formula is C57H34N4OS. The highest BCUT2D eigenvalue weighted by Gasteiger charge is 2.20. The van der Waals surface area contributed by atoms with Gasteiger partial charge in [-0.2, -0.15) is 0 Å². The molecule has 0 atom stereocenters. The summed E-state index contributed by atoms with van der Waals surface area (Å²) >= 11 is 1.86. The van der Waals surface area contributed by atoms with Crippen LogP contribution >= 0.6 is 11.3 Å². The Balaban J connectivity index is 0.939. The number of para-hydroxylation sites is 1. The van der Waals surface area contributed by atoms with Crippen molar-refractivity contribution in [2.75, 3.05) is 0 Å². The van der Waals surface area contributed by atoms with Crippen molar-refractivity contribution in [3.8, 4) is 62.1 Å². The molecule has 6 heteroatoms. The van der Waals surface area contributed by atoms with E-state index in [1.807, 2.05) is 23.5 Å². The molecule has 5 nitrogen and oxygen atoms in total. The average molecular weight is 823 g/mol. The summed E-state index contributed by atoms with van der Waals surface area (Å²) in [5.74, 6) is 1.79. The minimum atomic E-state index is 0.579. The maximum Gasteiger partial charge on any atom is 0.164 e. The van der Waals surface area contributed by atoms with Crippen LogP contribution in [0.2, 0.25) is 0 Å². The number of furan rings is 1. The van der Waals surface area contributed by atoms with Crippen LogP contribution in [0, 0.1) is 0 Å². The van der Waals surface area contributed by atoms with E-state index in [0.717, 1.165) is 66.6 Å². The molecular weight excluding hydrogens is 789 g/mol. The van der Waals surface area contributed by atoms with Gasteiger partial charge in [-0.15, -0.1) is 11.3 Å². The molecule has 0 aliphatic carbocycles. The monoisotopic (exact) mass is 822 g/mol. The SMILES string of the molecule is c1ccc(-c2ccc(-c3nc(-c4ccc(-c5ccccc5)cc4)nc(-c4ccc5c(c4)oc4ccc(-n6c7ccccc7c7ccc8c9ccccc9sc8c76)cc45)n3)cc2)cc1. The molecule has 0 spiro atoms. The van der Waals surface area contributed by atoms with Gasteiger partial charge in [-0.3, -0.25) is 0 Å². The first kappa shape index (κ1) is 35.6. The average Bonchev–Trinajstić information content (AvgIpc) is 4.04. The van der Waals surface area contributed by atoms with Crippen molar-refractivity contribution in [3.05, 3.63) is 206 Å². The zero-order valence-electron chi connectivity index (χ0n) is 33.7. The summed E-state index contributed by atoms with van der Waals surface area (Å²) in [6.45, 7) is 0. The molecule has 0 aliphatic rings. The topological polar surface area (TPSA) is 56.7 Å². The number of aromatic nitrogens is 4. The lowest BCUT2D eigenvalue weighted by molar-refractivity contribution is 0.669. The summed E-state index contributed by atoms with van der Waals surface area (Å²) in [7, 11) is 0. The number of hydrogen-bond acceptors (Lipinski definition) is 5. The number of fused-ring (bicyclic) bond motifs is 10. The van der Waals surface area contributed by atoms with E-state index in [1.54, 1.807) is 0 Å². The molecule has 294 valence electrons. The first-order valence-corrected chi connectivity index (χ1v) is 21.9. The molecule has 0 bridgehead atoms. The van der Waals surface area contributed by atoms with E-state index >= 15 is 0 Å². The van der Waals surface area contributed by atoms with Gasteiger partial charge in [0, 0.05) is 59.4 Å². The van der Waals surface area contributed by atoms with Gasteiger partial charge in [0.25, 0.3) is 0 Å². The Bertz CT molecular complexity index is 3790. The van der Waals surface area contributed by atoms with Crippen molar-refractivity contribution in [2.45, 2.75) is 0 Å². The lowest BCUT2D eigenvalue weighted by Crippen LogP contribution is -2.00. The zero-order chi connectivity index (χ0) is 41.4. The van der Waals surface area contributed by atoms with E-state index in [9.17, 15) is 0 Å². The Morgan fingerprint density at radius 1 is 0.349 bits per heavy atom. The van der Waals surface area contributed by atoms with Gasteiger partial charge in [-0.25, -0.2) is 15.0 Å². The van der Waals surface area contributed by atoms with Crippen molar-refractivity contribution in [1.82, 2.24) is 19.5 Å². The van der Waals surface area contributed by atoms with Gasteiger partial charge in [0.1, 0.15) is 11.2 Å². The molecule has 0 amide bonds. The molecule has 0 radical (unpaired) electrons. The van der Waals surface area contributed by atoms with Crippen molar-refractivity contribution >= 4 is 75.3 Å². The van der Waals surface area contributed by atoms with E-state index in [2.05, 4.69) is 199 Å². The number of rotatable bonds is 6. The van der Waals surface area contributed by atoms with Crippen LogP contribution in [0.25, 0.3) is 126 Å². The summed E-state index contributed by atoms with van der Waals surface area (Å²) in [4.78, 5) is 15.3. The quantitative estimate of drug-likeness (QED) is 0.168. The Hall–Kier alpha value is -8.19. The number of nitrogens with zero attached hydrogens (tertiary/aromatic N) is 4. The predicted molar refractivity (Wildman–Crippen MR) is 262 cm³/mol. The fraction of sp³-hybridized carbons (Fsp3) is 0. The summed E-state index contributed by atoms with van der Waals surface area (Å²) < 4.78 is 11.7. The lowest BCUT2D eigenvalue weighted by Gasteiger charge is -2.10. The number of thiophene rings is 1. The van der Waals surface area contributed by atoms with Crippen LogP contribution in [0.3, 0.4) is 0 Å². The van der Waals surface area contributed by atoms with Gasteiger partial charge in [0.05, 0.1) is 15.7 Å². The van der Waals surface area contributed by atoms with Crippen LogP contribution in [0.15, 0.2) is 211 Å². The summed E-state index contributed by atoms with van der Waals surface area (Å²) in [5.41, 5.74) is 12.4. The normalized spacial score (nSPS) is 11.8. The van der Waals surface area contributed by atoms with Crippen LogP contribution < -0.4 is 0 Å². The highest BCUT2D eigenvalue weighted by molar-refractivity contribution is 7.26. The molecule has 4 aromatic heterocycles. The van der Waals surface area contributed by atoms with Crippen LogP contribution in [-0.4, -0.2) is 19.5 Å². The van der Waals surface area contributed by atoms with Crippen LogP contribution in [0.5, 0.6) is 0 Å². The fourth-order valence-electron chi connectivity index (χ4n) is 9.19. The second-order valence-corrected chi connectivity index (χ2v) is 17.0. The van der Waals surface area contributed by atoms with Gasteiger partial charge in [-0.05, 0) is 64.7 Å². The second-order valence-electron chi connectivity index (χ2n) is 16.0. The summed E-state index contributed by atoms with van der Waals surface area (Å²) in [5, 5.41) is 7.16. The molecule has 0 saturated carbocycles. The molecule has 13 aromatic rings. The minimum Gasteiger partial charge on any atom is -0.456 e. The van der Waals surface area contributed by atoms with Gasteiger partial charge in [-0.1, -0.05) is 164 Å². The third-order valence-corrected chi connectivity index (χ3v) is 13.5. The third-order valence-electron chi connectivity index (χ3n) is 12.3. The molecule has 4 heterocycles. The number of hydrogen-bond donors (Lipinski definition) is 0. The van der Waals surface area contributed by atoms with Crippen molar-refractivity contribution in [3.63, 3.8) is 0 Å². The Morgan fingerprint density at radius 2 is 0.873 bits per heavy atom. The maximum atomic E-state index is 6.63. The van der Waals surface area contributed by atoms with Gasteiger partial charge in [0.15, 0.2) is 17.5 Å². The Kier molecular flexibility index (Phi) is 8.01. The third kappa shape index (κ3) is 5.87. The van der Waals surface area contributed by atoms with Crippen molar-refractivity contribution in [1.29, 1.82) is 0 Å². The van der Waals surface area contributed by atoms with Gasteiger partial charge < -0.3 is 8.98 Å².